The van der Waals surface area contributed by atoms with E-state index >= 15 is 0 Å². The Bertz CT molecular complexity index is 742. The zero-order valence-corrected chi connectivity index (χ0v) is 15.7. The van der Waals surface area contributed by atoms with E-state index in [0.717, 1.165) is 25.0 Å². The minimum atomic E-state index is -3.06. The number of sulfone groups is 1. The maximum Gasteiger partial charge on any atom is 0.224 e. The van der Waals surface area contributed by atoms with E-state index in [1.807, 2.05) is 18.2 Å². The molecule has 0 aromatic heterocycles. The number of carbonyl (C=O) groups excluding carboxylic acids is 1. The highest BCUT2D eigenvalue weighted by Crippen LogP contribution is 2.29. The smallest absolute Gasteiger partial charge is 0.224 e. The van der Waals surface area contributed by atoms with E-state index in [1.54, 1.807) is 7.11 Å². The van der Waals surface area contributed by atoms with Crippen molar-refractivity contribution in [1.29, 1.82) is 0 Å². The van der Waals surface area contributed by atoms with Crippen LogP contribution in [0.2, 0.25) is 0 Å². The Balaban J connectivity index is 1.54. The summed E-state index contributed by atoms with van der Waals surface area (Å²) >= 11 is 0. The fourth-order valence-electron chi connectivity index (χ4n) is 3.24. The molecular formula is C18H25NO6S. The average molecular weight is 383 g/mol. The lowest BCUT2D eigenvalue weighted by molar-refractivity contribution is -0.124. The van der Waals surface area contributed by atoms with Gasteiger partial charge in [-0.25, -0.2) is 8.42 Å². The summed E-state index contributed by atoms with van der Waals surface area (Å²) < 4.78 is 39.7. The van der Waals surface area contributed by atoms with Crippen LogP contribution in [0.5, 0.6) is 11.5 Å². The molecule has 2 aliphatic rings. The maximum absolute atomic E-state index is 12.1. The fraction of sp³-hybridized carbons (Fsp3) is 0.611. The number of hydrogen-bond acceptors (Lipinski definition) is 6. The molecular weight excluding hydrogens is 358 g/mol. The van der Waals surface area contributed by atoms with Crippen molar-refractivity contribution in [1.82, 2.24) is 5.32 Å². The second-order valence-corrected chi connectivity index (χ2v) is 8.98. The van der Waals surface area contributed by atoms with Crippen LogP contribution >= 0.6 is 0 Å². The van der Waals surface area contributed by atoms with Gasteiger partial charge in [0.25, 0.3) is 0 Å². The molecule has 26 heavy (non-hydrogen) atoms. The predicted octanol–water partition coefficient (Wildman–Crippen LogP) is 1.30. The van der Waals surface area contributed by atoms with E-state index < -0.39 is 15.8 Å². The zero-order valence-electron chi connectivity index (χ0n) is 14.9. The van der Waals surface area contributed by atoms with Gasteiger partial charge in [0.05, 0.1) is 30.6 Å². The molecule has 2 atom stereocenters. The zero-order chi connectivity index (χ0) is 18.6. The first-order valence-corrected chi connectivity index (χ1v) is 10.7. The van der Waals surface area contributed by atoms with Crippen molar-refractivity contribution in [2.45, 2.75) is 31.9 Å². The van der Waals surface area contributed by atoms with Crippen molar-refractivity contribution in [2.75, 3.05) is 31.8 Å². The van der Waals surface area contributed by atoms with Gasteiger partial charge in [-0.15, -0.1) is 0 Å². The Kier molecular flexibility index (Phi) is 6.03. The number of nitrogens with one attached hydrogen (secondary N) is 1. The van der Waals surface area contributed by atoms with Gasteiger partial charge in [0.2, 0.25) is 5.91 Å². The van der Waals surface area contributed by atoms with Gasteiger partial charge in [-0.05, 0) is 37.0 Å². The minimum Gasteiger partial charge on any atom is -0.493 e. The Labute approximate surface area is 153 Å². The average Bonchev–Trinajstić information content (AvgIpc) is 3.27. The number of hydrogen-bond donors (Lipinski definition) is 1. The summed E-state index contributed by atoms with van der Waals surface area (Å²) in [7, 11) is -1.49. The molecule has 1 aromatic carbocycles. The van der Waals surface area contributed by atoms with Crippen molar-refractivity contribution in [3.05, 3.63) is 23.8 Å². The predicted molar refractivity (Wildman–Crippen MR) is 96.1 cm³/mol. The first-order valence-electron chi connectivity index (χ1n) is 8.86. The second-order valence-electron chi connectivity index (χ2n) is 6.75. The molecule has 3 rings (SSSR count). The first-order chi connectivity index (χ1) is 12.5. The van der Waals surface area contributed by atoms with Crippen LogP contribution in [-0.4, -0.2) is 52.3 Å². The lowest BCUT2D eigenvalue weighted by Gasteiger charge is -2.15. The van der Waals surface area contributed by atoms with Crippen LogP contribution in [0, 0.1) is 5.92 Å². The summed E-state index contributed by atoms with van der Waals surface area (Å²) in [5, 5.41) is 2.81. The number of rotatable bonds is 7. The van der Waals surface area contributed by atoms with E-state index in [-0.39, 0.29) is 23.5 Å². The SMILES string of the molecule is COc1cc(CNC(=O)C2CCS(=O)(=O)C2)ccc1OCC1CCCO1. The van der Waals surface area contributed by atoms with Crippen LogP contribution in [-0.2, 0) is 25.9 Å². The van der Waals surface area contributed by atoms with Gasteiger partial charge in [-0.2, -0.15) is 0 Å². The number of amides is 1. The van der Waals surface area contributed by atoms with E-state index in [4.69, 9.17) is 14.2 Å². The maximum atomic E-state index is 12.1. The van der Waals surface area contributed by atoms with Crippen LogP contribution in [0.3, 0.4) is 0 Å². The normalized spacial score (nSPS) is 24.3. The van der Waals surface area contributed by atoms with Crippen LogP contribution in [0.15, 0.2) is 18.2 Å². The van der Waals surface area contributed by atoms with Gasteiger partial charge in [-0.3, -0.25) is 4.79 Å². The van der Waals surface area contributed by atoms with Crippen LogP contribution in [0.1, 0.15) is 24.8 Å². The van der Waals surface area contributed by atoms with Gasteiger partial charge >= 0.3 is 0 Å². The second kappa shape index (κ2) is 8.26. The van der Waals surface area contributed by atoms with Gasteiger partial charge < -0.3 is 19.5 Å². The summed E-state index contributed by atoms with van der Waals surface area (Å²) in [5.74, 6) is 0.603. The molecule has 2 fully saturated rings. The van der Waals surface area contributed by atoms with Gasteiger partial charge in [0, 0.05) is 13.2 Å². The third-order valence-electron chi connectivity index (χ3n) is 4.75. The Hall–Kier alpha value is -1.80. The third-order valence-corrected chi connectivity index (χ3v) is 6.51. The Morgan fingerprint density at radius 1 is 1.31 bits per heavy atom. The number of ether oxygens (including phenoxy) is 3. The number of methoxy groups -OCH3 is 1. The number of benzene rings is 1. The molecule has 0 aliphatic carbocycles. The minimum absolute atomic E-state index is 0.0574. The standard InChI is InChI=1S/C18H25NO6S/c1-23-17-9-13(4-5-16(17)25-11-15-3-2-7-24-15)10-19-18(20)14-6-8-26(21,22)12-14/h4-5,9,14-15H,2-3,6-8,10-12H2,1H3,(H,19,20). The molecule has 144 valence electrons. The van der Waals surface area contributed by atoms with Crippen molar-refractivity contribution in [3.8, 4) is 11.5 Å². The van der Waals surface area contributed by atoms with Gasteiger partial charge in [-0.1, -0.05) is 6.07 Å². The summed E-state index contributed by atoms with van der Waals surface area (Å²) in [6.07, 6.45) is 2.59. The molecule has 0 bridgehead atoms. The summed E-state index contributed by atoms with van der Waals surface area (Å²) in [4.78, 5) is 12.1. The number of carbonyl (C=O) groups is 1. The lowest BCUT2D eigenvalue weighted by Crippen LogP contribution is -2.30. The fourth-order valence-corrected chi connectivity index (χ4v) is 4.98. The molecule has 2 heterocycles. The highest BCUT2D eigenvalue weighted by Gasteiger charge is 2.32. The molecule has 1 amide bonds. The molecule has 1 aromatic rings. The third kappa shape index (κ3) is 4.88. The van der Waals surface area contributed by atoms with E-state index in [1.165, 1.54) is 0 Å². The Morgan fingerprint density at radius 2 is 2.15 bits per heavy atom. The van der Waals surface area contributed by atoms with E-state index in [2.05, 4.69) is 5.32 Å². The summed E-state index contributed by atoms with van der Waals surface area (Å²) in [6.45, 7) is 1.59. The van der Waals surface area contributed by atoms with Gasteiger partial charge in [0.15, 0.2) is 21.3 Å². The molecule has 0 saturated carbocycles. The highest BCUT2D eigenvalue weighted by atomic mass is 32.2. The highest BCUT2D eigenvalue weighted by molar-refractivity contribution is 7.91. The first kappa shape index (κ1) is 19.0. The molecule has 2 saturated heterocycles. The Morgan fingerprint density at radius 3 is 2.81 bits per heavy atom. The van der Waals surface area contributed by atoms with Crippen LogP contribution < -0.4 is 14.8 Å². The lowest BCUT2D eigenvalue weighted by atomic mass is 10.1. The molecule has 7 nitrogen and oxygen atoms in total. The van der Waals surface area contributed by atoms with Crippen molar-refractivity contribution in [2.24, 2.45) is 5.92 Å². The van der Waals surface area contributed by atoms with Crippen molar-refractivity contribution < 1.29 is 27.4 Å². The summed E-state index contributed by atoms with van der Waals surface area (Å²) in [6, 6.07) is 5.49. The van der Waals surface area contributed by atoms with Crippen molar-refractivity contribution >= 4 is 15.7 Å². The quantitative estimate of drug-likeness (QED) is 0.763. The molecule has 2 unspecified atom stereocenters. The topological polar surface area (TPSA) is 90.9 Å². The molecule has 1 N–H and O–H groups in total. The molecule has 0 radical (unpaired) electrons. The molecule has 8 heteroatoms. The monoisotopic (exact) mass is 383 g/mol. The van der Waals surface area contributed by atoms with Crippen LogP contribution in [0.4, 0.5) is 0 Å². The van der Waals surface area contributed by atoms with Crippen LogP contribution in [0.25, 0.3) is 0 Å². The van der Waals surface area contributed by atoms with E-state index in [0.29, 0.717) is 31.1 Å². The summed E-state index contributed by atoms with van der Waals surface area (Å²) in [5.41, 5.74) is 0.862. The van der Waals surface area contributed by atoms with Crippen molar-refractivity contribution in [3.63, 3.8) is 0 Å². The van der Waals surface area contributed by atoms with E-state index in [9.17, 15) is 13.2 Å². The molecule has 2 aliphatic heterocycles. The molecule has 0 spiro atoms. The largest absolute Gasteiger partial charge is 0.493 e. The van der Waals surface area contributed by atoms with Gasteiger partial charge in [0.1, 0.15) is 6.61 Å².